The first-order chi connectivity index (χ1) is 16.0. The SMILES string of the molecule is CCCC(=O)SCC(C)C(=O)N1CCC[C@H]1C(=O)N[C@@H](Cc1ccccc1)C(=O)OC(C)(C)C. The highest BCUT2D eigenvalue weighted by molar-refractivity contribution is 8.13. The Balaban J connectivity index is 2.07. The van der Waals surface area contributed by atoms with Crippen molar-refractivity contribution < 1.29 is 23.9 Å². The molecule has 1 aromatic carbocycles. The van der Waals surface area contributed by atoms with Gasteiger partial charge in [0.25, 0.3) is 0 Å². The number of hydrogen-bond acceptors (Lipinski definition) is 6. The lowest BCUT2D eigenvalue weighted by Gasteiger charge is -2.29. The molecule has 2 rings (SSSR count). The number of esters is 1. The zero-order valence-electron chi connectivity index (χ0n) is 21.0. The van der Waals surface area contributed by atoms with Gasteiger partial charge in [0.2, 0.25) is 11.8 Å². The zero-order chi connectivity index (χ0) is 25.3. The molecule has 0 radical (unpaired) electrons. The van der Waals surface area contributed by atoms with Crippen molar-refractivity contribution >= 4 is 34.7 Å². The van der Waals surface area contributed by atoms with Crippen molar-refractivity contribution in [1.82, 2.24) is 10.2 Å². The van der Waals surface area contributed by atoms with E-state index in [-0.39, 0.29) is 22.8 Å². The number of rotatable bonds is 10. The van der Waals surface area contributed by atoms with Gasteiger partial charge in [-0.05, 0) is 45.6 Å². The predicted molar refractivity (Wildman–Crippen MR) is 134 cm³/mol. The number of likely N-dealkylation sites (tertiary alicyclic amines) is 1. The van der Waals surface area contributed by atoms with Crippen molar-refractivity contribution in [1.29, 1.82) is 0 Å². The van der Waals surface area contributed by atoms with E-state index >= 15 is 0 Å². The van der Waals surface area contributed by atoms with E-state index in [1.165, 1.54) is 11.8 Å². The first kappa shape index (κ1) is 27.9. The molecule has 0 aromatic heterocycles. The summed E-state index contributed by atoms with van der Waals surface area (Å²) in [7, 11) is 0. The topological polar surface area (TPSA) is 92.8 Å². The van der Waals surface area contributed by atoms with Crippen molar-refractivity contribution in [3.63, 3.8) is 0 Å². The molecule has 0 aliphatic carbocycles. The van der Waals surface area contributed by atoms with E-state index in [1.54, 1.807) is 32.6 Å². The summed E-state index contributed by atoms with van der Waals surface area (Å²) in [5, 5.41) is 2.94. The summed E-state index contributed by atoms with van der Waals surface area (Å²) in [4.78, 5) is 52.6. The predicted octanol–water partition coefficient (Wildman–Crippen LogP) is 3.74. The Morgan fingerprint density at radius 1 is 1.18 bits per heavy atom. The summed E-state index contributed by atoms with van der Waals surface area (Å²) in [5.41, 5.74) is 0.217. The molecule has 34 heavy (non-hydrogen) atoms. The van der Waals surface area contributed by atoms with E-state index in [9.17, 15) is 19.2 Å². The van der Waals surface area contributed by atoms with Gasteiger partial charge in [-0.2, -0.15) is 0 Å². The molecule has 1 unspecified atom stereocenters. The van der Waals surface area contributed by atoms with Gasteiger partial charge in [0.15, 0.2) is 5.12 Å². The molecule has 1 aliphatic heterocycles. The van der Waals surface area contributed by atoms with Gasteiger partial charge in [0.05, 0.1) is 0 Å². The van der Waals surface area contributed by atoms with Crippen LogP contribution < -0.4 is 5.32 Å². The van der Waals surface area contributed by atoms with Gasteiger partial charge in [0, 0.05) is 31.1 Å². The molecule has 1 heterocycles. The zero-order valence-corrected chi connectivity index (χ0v) is 21.8. The number of carbonyl (C=O) groups excluding carboxylic acids is 4. The van der Waals surface area contributed by atoms with Crippen LogP contribution in [-0.2, 0) is 30.3 Å². The smallest absolute Gasteiger partial charge is 0.329 e. The number of benzene rings is 1. The summed E-state index contributed by atoms with van der Waals surface area (Å²) >= 11 is 1.18. The van der Waals surface area contributed by atoms with Crippen LogP contribution in [0.15, 0.2) is 30.3 Å². The molecule has 0 bridgehead atoms. The van der Waals surface area contributed by atoms with Crippen LogP contribution in [0.3, 0.4) is 0 Å². The Labute approximate surface area is 207 Å². The highest BCUT2D eigenvalue weighted by Gasteiger charge is 2.38. The third-order valence-electron chi connectivity index (χ3n) is 5.50. The highest BCUT2D eigenvalue weighted by Crippen LogP contribution is 2.23. The van der Waals surface area contributed by atoms with Crippen molar-refractivity contribution in [2.45, 2.75) is 84.4 Å². The highest BCUT2D eigenvalue weighted by atomic mass is 32.2. The first-order valence-electron chi connectivity index (χ1n) is 12.0. The van der Waals surface area contributed by atoms with Crippen molar-refractivity contribution in [2.75, 3.05) is 12.3 Å². The van der Waals surface area contributed by atoms with Gasteiger partial charge in [-0.15, -0.1) is 0 Å². The Morgan fingerprint density at radius 3 is 2.47 bits per heavy atom. The molecule has 2 amide bonds. The molecule has 3 atom stereocenters. The molecule has 188 valence electrons. The van der Waals surface area contributed by atoms with Crippen LogP contribution in [0.4, 0.5) is 0 Å². The maximum atomic E-state index is 13.2. The molecular formula is C26H38N2O5S. The van der Waals surface area contributed by atoms with Crippen LogP contribution in [0.25, 0.3) is 0 Å². The molecule has 0 saturated carbocycles. The second-order valence-corrected chi connectivity index (χ2v) is 10.9. The van der Waals surface area contributed by atoms with Crippen molar-refractivity contribution in [2.24, 2.45) is 5.92 Å². The van der Waals surface area contributed by atoms with Gasteiger partial charge in [0.1, 0.15) is 17.7 Å². The van der Waals surface area contributed by atoms with E-state index in [0.717, 1.165) is 12.0 Å². The molecular weight excluding hydrogens is 452 g/mol. The molecule has 1 aromatic rings. The Kier molecular flexibility index (Phi) is 10.6. The van der Waals surface area contributed by atoms with Crippen LogP contribution >= 0.6 is 11.8 Å². The average Bonchev–Trinajstić information content (AvgIpc) is 3.26. The lowest BCUT2D eigenvalue weighted by molar-refractivity contribution is -0.159. The number of nitrogens with zero attached hydrogens (tertiary/aromatic N) is 1. The van der Waals surface area contributed by atoms with Crippen LogP contribution in [0, 0.1) is 5.92 Å². The summed E-state index contributed by atoms with van der Waals surface area (Å²) in [6.45, 7) is 9.59. The molecule has 1 fully saturated rings. The number of carbonyl (C=O) groups is 4. The minimum absolute atomic E-state index is 0.0824. The van der Waals surface area contributed by atoms with E-state index in [4.69, 9.17) is 4.74 Å². The monoisotopic (exact) mass is 490 g/mol. The minimum Gasteiger partial charge on any atom is -0.458 e. The Bertz CT molecular complexity index is 852. The molecule has 7 nitrogen and oxygen atoms in total. The largest absolute Gasteiger partial charge is 0.458 e. The second kappa shape index (κ2) is 12.9. The summed E-state index contributed by atoms with van der Waals surface area (Å²) in [6.07, 6.45) is 2.83. The maximum absolute atomic E-state index is 13.2. The quantitative estimate of drug-likeness (QED) is 0.502. The molecule has 0 spiro atoms. The third kappa shape index (κ3) is 8.78. The van der Waals surface area contributed by atoms with Crippen LogP contribution in [0.2, 0.25) is 0 Å². The molecule has 1 saturated heterocycles. The number of nitrogens with one attached hydrogen (secondary N) is 1. The fourth-order valence-corrected chi connectivity index (χ4v) is 4.76. The second-order valence-electron chi connectivity index (χ2n) is 9.81. The number of ether oxygens (including phenoxy) is 1. The van der Waals surface area contributed by atoms with E-state index in [2.05, 4.69) is 5.32 Å². The normalized spacial score (nSPS) is 17.7. The number of amides is 2. The third-order valence-corrected chi connectivity index (χ3v) is 6.69. The van der Waals surface area contributed by atoms with Gasteiger partial charge in [-0.1, -0.05) is 55.9 Å². The summed E-state index contributed by atoms with van der Waals surface area (Å²) < 4.78 is 5.55. The lowest BCUT2D eigenvalue weighted by Crippen LogP contribution is -2.53. The fourth-order valence-electron chi connectivity index (χ4n) is 3.84. The van der Waals surface area contributed by atoms with Crippen LogP contribution in [0.5, 0.6) is 0 Å². The van der Waals surface area contributed by atoms with E-state index in [0.29, 0.717) is 38.0 Å². The fraction of sp³-hybridized carbons (Fsp3) is 0.615. The van der Waals surface area contributed by atoms with Crippen molar-refractivity contribution in [3.05, 3.63) is 35.9 Å². The van der Waals surface area contributed by atoms with E-state index < -0.39 is 23.7 Å². The standard InChI is InChI=1S/C26H38N2O5S/c1-6-11-22(29)34-17-18(2)24(31)28-15-10-14-21(28)23(30)27-20(25(32)33-26(3,4)5)16-19-12-8-7-9-13-19/h7-9,12-13,18,20-21H,6,10-11,14-17H2,1-5H3,(H,27,30)/t18?,20-,21-/m0/s1. The summed E-state index contributed by atoms with van der Waals surface area (Å²) in [6, 6.07) is 7.96. The Morgan fingerprint density at radius 2 is 1.85 bits per heavy atom. The molecule has 1 aliphatic rings. The minimum atomic E-state index is -0.855. The van der Waals surface area contributed by atoms with Crippen LogP contribution in [-0.4, -0.2) is 57.8 Å². The van der Waals surface area contributed by atoms with E-state index in [1.807, 2.05) is 37.3 Å². The maximum Gasteiger partial charge on any atom is 0.329 e. The first-order valence-corrected chi connectivity index (χ1v) is 13.0. The lowest BCUT2D eigenvalue weighted by atomic mass is 10.0. The van der Waals surface area contributed by atoms with Crippen molar-refractivity contribution in [3.8, 4) is 0 Å². The van der Waals surface area contributed by atoms with Gasteiger partial charge in [-0.25, -0.2) is 4.79 Å². The number of thioether (sulfide) groups is 1. The Hall–Kier alpha value is -2.35. The molecule has 1 N–H and O–H groups in total. The van der Waals surface area contributed by atoms with Crippen LogP contribution in [0.1, 0.15) is 65.9 Å². The average molecular weight is 491 g/mol. The van der Waals surface area contributed by atoms with Gasteiger partial charge >= 0.3 is 5.97 Å². The molecule has 8 heteroatoms. The van der Waals surface area contributed by atoms with Gasteiger partial charge < -0.3 is 15.0 Å². The van der Waals surface area contributed by atoms with Gasteiger partial charge in [-0.3, -0.25) is 14.4 Å². The number of hydrogen-bond donors (Lipinski definition) is 1. The summed E-state index contributed by atoms with van der Waals surface area (Å²) in [5.74, 6) is -0.951.